The molecule has 2 rings (SSSR count). The smallest absolute Gasteiger partial charge is 0.224 e. The number of halogens is 1. The quantitative estimate of drug-likeness (QED) is 0.687. The van der Waals surface area contributed by atoms with Crippen molar-refractivity contribution in [2.24, 2.45) is 0 Å². The van der Waals surface area contributed by atoms with E-state index in [0.717, 1.165) is 18.5 Å². The highest BCUT2D eigenvalue weighted by Crippen LogP contribution is 2.27. The number of anilines is 1. The minimum Gasteiger partial charge on any atom is -0.495 e. The summed E-state index contributed by atoms with van der Waals surface area (Å²) in [7, 11) is -1.44. The fourth-order valence-corrected chi connectivity index (χ4v) is 5.03. The van der Waals surface area contributed by atoms with E-state index in [1.165, 1.54) is 0 Å². The number of sulfone groups is 1. The highest BCUT2D eigenvalue weighted by atomic mass is 35.5. The van der Waals surface area contributed by atoms with Gasteiger partial charge in [0, 0.05) is 30.6 Å². The van der Waals surface area contributed by atoms with Gasteiger partial charge in [0.25, 0.3) is 0 Å². The second-order valence-electron chi connectivity index (χ2n) is 6.52. The summed E-state index contributed by atoms with van der Waals surface area (Å²) in [6, 6.07) is 5.07. The van der Waals surface area contributed by atoms with Gasteiger partial charge in [-0.15, -0.1) is 0 Å². The first-order valence-corrected chi connectivity index (χ1v) is 11.1. The number of nitrogens with zero attached hydrogens (tertiary/aromatic N) is 1. The molecule has 8 heteroatoms. The fraction of sp³-hybridized carbons (Fsp3) is 0.611. The van der Waals surface area contributed by atoms with Crippen molar-refractivity contribution in [2.45, 2.75) is 38.6 Å². The first-order valence-electron chi connectivity index (χ1n) is 8.93. The average molecular weight is 403 g/mol. The van der Waals surface area contributed by atoms with E-state index >= 15 is 0 Å². The van der Waals surface area contributed by atoms with Crippen LogP contribution in [0.1, 0.15) is 32.6 Å². The van der Waals surface area contributed by atoms with E-state index in [4.69, 9.17) is 16.3 Å². The van der Waals surface area contributed by atoms with Crippen LogP contribution in [-0.4, -0.2) is 57.0 Å². The van der Waals surface area contributed by atoms with Gasteiger partial charge >= 0.3 is 0 Å². The summed E-state index contributed by atoms with van der Waals surface area (Å²) in [5.41, 5.74) is 0.733. The van der Waals surface area contributed by atoms with E-state index in [-0.39, 0.29) is 29.9 Å². The van der Waals surface area contributed by atoms with Crippen molar-refractivity contribution >= 4 is 33.0 Å². The SMILES string of the molecule is CCCCN(C(=O)CCNc1cc(Cl)ccc1OC)C1CCS(=O)(=O)C1. The molecular weight excluding hydrogens is 376 g/mol. The molecule has 0 saturated carbocycles. The summed E-state index contributed by atoms with van der Waals surface area (Å²) in [5.74, 6) is 0.893. The molecular formula is C18H27ClN2O4S. The van der Waals surface area contributed by atoms with E-state index < -0.39 is 9.84 Å². The van der Waals surface area contributed by atoms with Gasteiger partial charge in [-0.2, -0.15) is 0 Å². The highest BCUT2D eigenvalue weighted by molar-refractivity contribution is 7.91. The Morgan fingerprint density at radius 3 is 2.81 bits per heavy atom. The minimum absolute atomic E-state index is 0.0194. The standard InChI is InChI=1S/C18H27ClN2O4S/c1-3-4-10-21(15-8-11-26(23,24)13-15)18(22)7-9-20-16-12-14(19)5-6-17(16)25-2/h5-6,12,15,20H,3-4,7-11,13H2,1-2H3. The largest absolute Gasteiger partial charge is 0.495 e. The molecule has 1 atom stereocenters. The zero-order valence-corrected chi connectivity index (χ0v) is 16.9. The van der Waals surface area contributed by atoms with Crippen molar-refractivity contribution in [1.29, 1.82) is 0 Å². The van der Waals surface area contributed by atoms with E-state index in [1.807, 2.05) is 0 Å². The maximum atomic E-state index is 12.7. The molecule has 1 amide bonds. The van der Waals surface area contributed by atoms with Gasteiger partial charge in [-0.1, -0.05) is 24.9 Å². The summed E-state index contributed by atoms with van der Waals surface area (Å²) < 4.78 is 28.8. The molecule has 1 unspecified atom stereocenters. The van der Waals surface area contributed by atoms with Gasteiger partial charge in [0.15, 0.2) is 9.84 Å². The Balaban J connectivity index is 1.96. The Labute approximate surface area is 160 Å². The van der Waals surface area contributed by atoms with Crippen molar-refractivity contribution in [2.75, 3.05) is 37.0 Å². The molecule has 0 aliphatic carbocycles. The van der Waals surface area contributed by atoms with Crippen LogP contribution in [0.3, 0.4) is 0 Å². The Hall–Kier alpha value is -1.47. The van der Waals surface area contributed by atoms with Crippen LogP contribution >= 0.6 is 11.6 Å². The molecule has 1 aliphatic rings. The molecule has 1 saturated heterocycles. The maximum absolute atomic E-state index is 12.7. The molecule has 1 fully saturated rings. The highest BCUT2D eigenvalue weighted by Gasteiger charge is 2.34. The molecule has 1 aromatic carbocycles. The summed E-state index contributed by atoms with van der Waals surface area (Å²) in [5, 5.41) is 3.76. The average Bonchev–Trinajstić information content (AvgIpc) is 2.95. The van der Waals surface area contributed by atoms with Gasteiger partial charge in [-0.25, -0.2) is 8.42 Å². The summed E-state index contributed by atoms with van der Waals surface area (Å²) in [6.07, 6.45) is 2.66. The van der Waals surface area contributed by atoms with Crippen LogP contribution in [-0.2, 0) is 14.6 Å². The monoisotopic (exact) mass is 402 g/mol. The summed E-state index contributed by atoms with van der Waals surface area (Å²) >= 11 is 6.01. The lowest BCUT2D eigenvalue weighted by Crippen LogP contribution is -2.42. The third-order valence-electron chi connectivity index (χ3n) is 4.54. The number of nitrogens with one attached hydrogen (secondary N) is 1. The second-order valence-corrected chi connectivity index (χ2v) is 9.18. The van der Waals surface area contributed by atoms with Crippen LogP contribution in [0.5, 0.6) is 5.75 Å². The van der Waals surface area contributed by atoms with Crippen molar-refractivity contribution < 1.29 is 17.9 Å². The number of benzene rings is 1. The molecule has 1 aromatic rings. The fourth-order valence-electron chi connectivity index (χ4n) is 3.13. The van der Waals surface area contributed by atoms with Gasteiger partial charge in [-0.05, 0) is 31.0 Å². The van der Waals surface area contributed by atoms with Crippen LogP contribution in [0.2, 0.25) is 5.02 Å². The predicted molar refractivity (Wildman–Crippen MR) is 105 cm³/mol. The van der Waals surface area contributed by atoms with Crippen molar-refractivity contribution in [3.63, 3.8) is 0 Å². The number of amides is 1. The van der Waals surface area contributed by atoms with Gasteiger partial charge < -0.3 is 15.0 Å². The van der Waals surface area contributed by atoms with Crippen LogP contribution in [0.25, 0.3) is 0 Å². The second kappa shape index (κ2) is 9.46. The number of carbonyl (C=O) groups is 1. The van der Waals surface area contributed by atoms with E-state index in [0.29, 0.717) is 30.3 Å². The molecule has 26 heavy (non-hydrogen) atoms. The van der Waals surface area contributed by atoms with E-state index in [2.05, 4.69) is 12.2 Å². The van der Waals surface area contributed by atoms with Crippen molar-refractivity contribution in [3.8, 4) is 5.75 Å². The zero-order valence-electron chi connectivity index (χ0n) is 15.3. The van der Waals surface area contributed by atoms with E-state index in [9.17, 15) is 13.2 Å². The zero-order chi connectivity index (χ0) is 19.2. The number of hydrogen-bond acceptors (Lipinski definition) is 5. The molecule has 146 valence electrons. The molecule has 0 spiro atoms. The van der Waals surface area contributed by atoms with E-state index in [1.54, 1.807) is 30.2 Å². The molecule has 0 radical (unpaired) electrons. The lowest BCUT2D eigenvalue weighted by Gasteiger charge is -2.28. The number of unbranched alkanes of at least 4 members (excludes halogenated alkanes) is 1. The number of ether oxygens (including phenoxy) is 1. The van der Waals surface area contributed by atoms with Crippen molar-refractivity contribution in [1.82, 2.24) is 4.90 Å². The van der Waals surface area contributed by atoms with Gasteiger partial charge in [0.1, 0.15) is 5.75 Å². The van der Waals surface area contributed by atoms with Gasteiger partial charge in [0.2, 0.25) is 5.91 Å². The minimum atomic E-state index is -3.02. The summed E-state index contributed by atoms with van der Waals surface area (Å²) in [6.45, 7) is 3.09. The lowest BCUT2D eigenvalue weighted by molar-refractivity contribution is -0.132. The third-order valence-corrected chi connectivity index (χ3v) is 6.52. The lowest BCUT2D eigenvalue weighted by atomic mass is 10.1. The number of rotatable bonds is 9. The first kappa shape index (κ1) is 20.8. The van der Waals surface area contributed by atoms with Crippen LogP contribution in [0.4, 0.5) is 5.69 Å². The molecule has 0 aromatic heterocycles. The maximum Gasteiger partial charge on any atom is 0.224 e. The molecule has 1 aliphatic heterocycles. The normalized spacial score (nSPS) is 18.5. The topological polar surface area (TPSA) is 75.7 Å². The van der Waals surface area contributed by atoms with Gasteiger partial charge in [0.05, 0.1) is 24.3 Å². The third kappa shape index (κ3) is 5.77. The van der Waals surface area contributed by atoms with Gasteiger partial charge in [-0.3, -0.25) is 4.79 Å². The Morgan fingerprint density at radius 1 is 1.42 bits per heavy atom. The number of carbonyl (C=O) groups excluding carboxylic acids is 1. The summed E-state index contributed by atoms with van der Waals surface area (Å²) in [4.78, 5) is 14.4. The van der Waals surface area contributed by atoms with Crippen LogP contribution < -0.4 is 10.1 Å². The number of hydrogen-bond donors (Lipinski definition) is 1. The molecule has 6 nitrogen and oxygen atoms in total. The molecule has 0 bridgehead atoms. The first-order chi connectivity index (χ1) is 12.4. The van der Waals surface area contributed by atoms with Crippen LogP contribution in [0.15, 0.2) is 18.2 Å². The van der Waals surface area contributed by atoms with Crippen LogP contribution in [0, 0.1) is 0 Å². The predicted octanol–water partition coefficient (Wildman–Crippen LogP) is 2.97. The van der Waals surface area contributed by atoms with Crippen molar-refractivity contribution in [3.05, 3.63) is 23.2 Å². The Morgan fingerprint density at radius 2 is 2.19 bits per heavy atom. The number of methoxy groups -OCH3 is 1. The Kier molecular flexibility index (Phi) is 7.58. The molecule has 1 N–H and O–H groups in total. The Bertz CT molecular complexity index is 724. The molecule has 1 heterocycles.